The first-order valence-corrected chi connectivity index (χ1v) is 14.5. The molecular formula is C18H14Cl5N4O7P. The van der Waals surface area contributed by atoms with Crippen LogP contribution in [0.1, 0.15) is 25.0 Å². The minimum atomic E-state index is -3.22. The van der Waals surface area contributed by atoms with E-state index in [1.165, 1.54) is 12.1 Å². The summed E-state index contributed by atoms with van der Waals surface area (Å²) in [6.07, 6.45) is 1.16. The van der Waals surface area contributed by atoms with E-state index in [4.69, 9.17) is 32.0 Å². The SMILES string of the molecule is CCc1cc(=O)oc2[nH]c(=O)[nH]c(=O)c12.CCc1cc(=O)oc2nc(Cl)nc(Cl)c12.O=P(Cl)(Cl)Cl. The number of aromatic amines is 2. The molecule has 4 aromatic rings. The molecule has 17 heteroatoms. The van der Waals surface area contributed by atoms with Gasteiger partial charge in [-0.2, -0.15) is 4.98 Å². The molecule has 0 aliphatic rings. The molecule has 0 atom stereocenters. The van der Waals surface area contributed by atoms with E-state index in [0.717, 1.165) is 5.56 Å². The number of nitrogens with one attached hydrogen (secondary N) is 2. The lowest BCUT2D eigenvalue weighted by Crippen LogP contribution is -2.23. The van der Waals surface area contributed by atoms with Gasteiger partial charge in [-0.15, -0.1) is 0 Å². The number of halogens is 5. The number of nitrogens with zero attached hydrogens (tertiary/aromatic N) is 2. The van der Waals surface area contributed by atoms with Gasteiger partial charge in [0.1, 0.15) is 10.5 Å². The fourth-order valence-electron chi connectivity index (χ4n) is 2.81. The van der Waals surface area contributed by atoms with Gasteiger partial charge in [0.2, 0.25) is 16.7 Å². The van der Waals surface area contributed by atoms with Crippen molar-refractivity contribution in [2.24, 2.45) is 0 Å². The highest BCUT2D eigenvalue weighted by Gasteiger charge is 2.12. The van der Waals surface area contributed by atoms with Gasteiger partial charge in [0, 0.05) is 12.1 Å². The molecule has 0 aliphatic heterocycles. The molecule has 0 fully saturated rings. The number of hydrogen-bond donors (Lipinski definition) is 2. The minimum Gasteiger partial charge on any atom is -0.405 e. The fourth-order valence-corrected chi connectivity index (χ4v) is 3.30. The van der Waals surface area contributed by atoms with E-state index in [1.807, 2.05) is 6.92 Å². The summed E-state index contributed by atoms with van der Waals surface area (Å²) in [6.45, 7) is 3.71. The summed E-state index contributed by atoms with van der Waals surface area (Å²) in [5, 5.41) is -2.30. The van der Waals surface area contributed by atoms with E-state index >= 15 is 0 Å². The van der Waals surface area contributed by atoms with E-state index in [2.05, 4.69) is 53.7 Å². The van der Waals surface area contributed by atoms with Crippen molar-refractivity contribution in [2.75, 3.05) is 0 Å². The quantitative estimate of drug-likeness (QED) is 0.181. The molecule has 0 amide bonds. The molecule has 4 rings (SSSR count). The number of H-pyrrole nitrogens is 2. The fraction of sp³-hybridized carbons (Fsp3) is 0.222. The molecule has 0 radical (unpaired) electrons. The second-order valence-electron chi connectivity index (χ2n) is 6.36. The molecule has 188 valence electrons. The Balaban J connectivity index is 0.000000208. The largest absolute Gasteiger partial charge is 0.405 e. The van der Waals surface area contributed by atoms with Crippen LogP contribution < -0.4 is 22.5 Å². The van der Waals surface area contributed by atoms with Gasteiger partial charge in [0.15, 0.2) is 0 Å². The van der Waals surface area contributed by atoms with Crippen LogP contribution in [0.15, 0.2) is 40.1 Å². The minimum absolute atomic E-state index is 0.0381. The van der Waals surface area contributed by atoms with Gasteiger partial charge >= 0.3 is 22.1 Å². The summed E-state index contributed by atoms with van der Waals surface area (Å²) in [5.74, 6) is 0. The standard InChI is InChI=1S/C9H6Cl2N2O2.C9H8N2O4.Cl3OP/c1-2-4-3-5(14)15-8-6(4)7(10)12-9(11)13-8;1-2-4-3-5(12)15-8-6(4)7(13)10-9(14)11-8;1-5(2,3)4/h3H,2H2,1H3;3H,2H2,1H3,(H2,10,11,13,14);. The van der Waals surface area contributed by atoms with Gasteiger partial charge < -0.3 is 8.83 Å². The van der Waals surface area contributed by atoms with Crippen LogP contribution in [-0.4, -0.2) is 19.9 Å². The summed E-state index contributed by atoms with van der Waals surface area (Å²) in [4.78, 5) is 56.6. The van der Waals surface area contributed by atoms with Gasteiger partial charge in [-0.05, 0) is 69.3 Å². The average Bonchev–Trinajstić information content (AvgIpc) is 2.70. The summed E-state index contributed by atoms with van der Waals surface area (Å²) >= 11 is 25.4. The zero-order chi connectivity index (χ0) is 26.5. The van der Waals surface area contributed by atoms with Crippen molar-refractivity contribution in [2.45, 2.75) is 26.7 Å². The van der Waals surface area contributed by atoms with E-state index in [9.17, 15) is 23.7 Å². The molecule has 11 nitrogen and oxygen atoms in total. The Morgan fingerprint density at radius 3 is 1.91 bits per heavy atom. The molecule has 0 unspecified atom stereocenters. The first-order chi connectivity index (χ1) is 16.2. The van der Waals surface area contributed by atoms with Crippen molar-refractivity contribution in [1.29, 1.82) is 0 Å². The van der Waals surface area contributed by atoms with Crippen LogP contribution in [-0.2, 0) is 17.4 Å². The third-order valence-electron chi connectivity index (χ3n) is 4.10. The van der Waals surface area contributed by atoms with Crippen LogP contribution in [0.2, 0.25) is 10.4 Å². The summed E-state index contributed by atoms with van der Waals surface area (Å²) in [5.41, 5.74) is -0.928. The first kappa shape index (κ1) is 29.1. The number of hydrogen-bond acceptors (Lipinski definition) is 9. The molecule has 4 aromatic heterocycles. The third-order valence-corrected chi connectivity index (χ3v) is 4.54. The van der Waals surface area contributed by atoms with Gasteiger partial charge in [-0.25, -0.2) is 19.4 Å². The Morgan fingerprint density at radius 1 is 0.857 bits per heavy atom. The van der Waals surface area contributed by atoms with Crippen molar-refractivity contribution in [1.82, 2.24) is 19.9 Å². The highest BCUT2D eigenvalue weighted by atomic mass is 36.0. The molecule has 0 bridgehead atoms. The lowest BCUT2D eigenvalue weighted by molar-refractivity contribution is 0.544. The first-order valence-electron chi connectivity index (χ1n) is 9.37. The predicted octanol–water partition coefficient (Wildman–Crippen LogP) is 5.00. The molecule has 2 N–H and O–H groups in total. The molecule has 35 heavy (non-hydrogen) atoms. The molecule has 4 heterocycles. The zero-order valence-electron chi connectivity index (χ0n) is 17.7. The van der Waals surface area contributed by atoms with Crippen molar-refractivity contribution in [3.63, 3.8) is 0 Å². The molecular weight excluding hydrogens is 592 g/mol. The van der Waals surface area contributed by atoms with Crippen LogP contribution in [0.3, 0.4) is 0 Å². The van der Waals surface area contributed by atoms with Crippen molar-refractivity contribution < 1.29 is 13.4 Å². The number of rotatable bonds is 2. The number of aromatic nitrogens is 4. The van der Waals surface area contributed by atoms with Crippen LogP contribution in [0, 0.1) is 0 Å². The maximum absolute atomic E-state index is 11.5. The predicted molar refractivity (Wildman–Crippen MR) is 136 cm³/mol. The van der Waals surface area contributed by atoms with E-state index in [0.29, 0.717) is 23.8 Å². The van der Waals surface area contributed by atoms with Gasteiger partial charge in [0.05, 0.1) is 5.39 Å². The molecule has 0 saturated heterocycles. The van der Waals surface area contributed by atoms with Crippen LogP contribution in [0.25, 0.3) is 22.2 Å². The Bertz CT molecular complexity index is 1640. The summed E-state index contributed by atoms with van der Waals surface area (Å²) in [6, 6.07) is 2.63. The highest BCUT2D eigenvalue weighted by molar-refractivity contribution is 8.24. The maximum atomic E-state index is 11.5. The topological polar surface area (TPSA) is 169 Å². The summed E-state index contributed by atoms with van der Waals surface area (Å²) < 4.78 is 19.1. The summed E-state index contributed by atoms with van der Waals surface area (Å²) in [7, 11) is 0. The second kappa shape index (κ2) is 12.2. The average molecular weight is 607 g/mol. The van der Waals surface area contributed by atoms with Crippen molar-refractivity contribution in [3.05, 3.63) is 75.4 Å². The Hall–Kier alpha value is -2.14. The monoisotopic (exact) mass is 604 g/mol. The van der Waals surface area contributed by atoms with Gasteiger partial charge in [-0.1, -0.05) is 25.4 Å². The Kier molecular flexibility index (Phi) is 10.1. The Labute approximate surface area is 219 Å². The van der Waals surface area contributed by atoms with Crippen LogP contribution >= 0.6 is 62.1 Å². The lowest BCUT2D eigenvalue weighted by atomic mass is 10.1. The molecule has 0 aromatic carbocycles. The zero-order valence-corrected chi connectivity index (χ0v) is 22.3. The lowest BCUT2D eigenvalue weighted by Gasteiger charge is -2.03. The van der Waals surface area contributed by atoms with E-state index < -0.39 is 27.7 Å². The number of aryl methyl sites for hydroxylation is 2. The third kappa shape index (κ3) is 8.49. The molecule has 0 aliphatic carbocycles. The second-order valence-corrected chi connectivity index (χ2v) is 13.7. The van der Waals surface area contributed by atoms with Crippen LogP contribution in [0.4, 0.5) is 0 Å². The van der Waals surface area contributed by atoms with E-state index in [1.54, 1.807) is 6.92 Å². The van der Waals surface area contributed by atoms with Gasteiger partial charge in [-0.3, -0.25) is 19.3 Å². The molecule has 0 spiro atoms. The highest BCUT2D eigenvalue weighted by Crippen LogP contribution is 2.61. The number of fused-ring (bicyclic) bond motifs is 2. The van der Waals surface area contributed by atoms with Crippen molar-refractivity contribution >= 4 is 84.3 Å². The van der Waals surface area contributed by atoms with Crippen LogP contribution in [0.5, 0.6) is 0 Å². The van der Waals surface area contributed by atoms with Gasteiger partial charge in [0.25, 0.3) is 5.56 Å². The molecule has 0 saturated carbocycles. The Morgan fingerprint density at radius 2 is 1.37 bits per heavy atom. The smallest absolute Gasteiger partial charge is 0.339 e. The van der Waals surface area contributed by atoms with E-state index in [-0.39, 0.29) is 27.2 Å². The maximum Gasteiger partial charge on any atom is 0.339 e. The van der Waals surface area contributed by atoms with Crippen molar-refractivity contribution in [3.8, 4) is 0 Å². The normalized spacial score (nSPS) is 10.9.